The standard InChI is InChI=1S/C42H51N9O5/c1-3-55-37(52)22-35-33-14-11-26-18-32(21-34(26)39(33)56-47-35)51-29-6-4-7-30(51)20-27(19-29)25-9-12-28(13-10-25)45-41-38(40(43)53)44-23-36(46-41)49-15-5-8-31(24-49)50-17-16-48(2)42(50)54/h9-14,23,27,29-32H,3-8,15-22,24H2,1-2H3,(H2,43,53)(H,45,46)/t27?,29?,30?,31-,32?/m1/s1. The molecule has 2 bridgehead atoms. The third-order valence-electron chi connectivity index (χ3n) is 12.9. The number of aromatic nitrogens is 3. The van der Waals surface area contributed by atoms with E-state index in [4.69, 9.17) is 20.0 Å². The van der Waals surface area contributed by atoms with E-state index in [1.165, 1.54) is 36.0 Å². The van der Waals surface area contributed by atoms with E-state index >= 15 is 0 Å². The Balaban J connectivity index is 0.868. The molecule has 0 radical (unpaired) electrons. The number of nitrogens with zero attached hydrogens (tertiary/aromatic N) is 7. The summed E-state index contributed by atoms with van der Waals surface area (Å²) in [4.78, 5) is 55.4. The van der Waals surface area contributed by atoms with Crippen molar-refractivity contribution in [1.82, 2.24) is 29.8 Å². The number of carbonyl (C=O) groups is 3. The van der Waals surface area contributed by atoms with Crippen LogP contribution in [0.4, 0.5) is 22.1 Å². The first-order valence-corrected chi connectivity index (χ1v) is 20.4. The number of hydrogen-bond acceptors (Lipinski definition) is 11. The molecule has 14 nitrogen and oxygen atoms in total. The van der Waals surface area contributed by atoms with Crippen molar-refractivity contribution in [3.05, 3.63) is 70.7 Å². The van der Waals surface area contributed by atoms with Gasteiger partial charge in [-0.3, -0.25) is 14.5 Å². The number of carbonyl (C=O) groups excluding carboxylic acids is 3. The number of rotatable bonds is 10. The lowest BCUT2D eigenvalue weighted by atomic mass is 9.74. The lowest BCUT2D eigenvalue weighted by Crippen LogP contribution is -2.56. The van der Waals surface area contributed by atoms with Gasteiger partial charge in [0.1, 0.15) is 11.5 Å². The largest absolute Gasteiger partial charge is 0.466 e. The van der Waals surface area contributed by atoms with Crippen LogP contribution in [0.15, 0.2) is 47.1 Å². The second-order valence-corrected chi connectivity index (χ2v) is 16.3. The maximum absolute atomic E-state index is 12.7. The quantitative estimate of drug-likeness (QED) is 0.205. The summed E-state index contributed by atoms with van der Waals surface area (Å²) in [7, 11) is 1.84. The monoisotopic (exact) mass is 761 g/mol. The van der Waals surface area contributed by atoms with Crippen LogP contribution in [0.5, 0.6) is 0 Å². The summed E-state index contributed by atoms with van der Waals surface area (Å²) in [6, 6.07) is 14.5. The highest BCUT2D eigenvalue weighted by Gasteiger charge is 2.44. The first-order valence-electron chi connectivity index (χ1n) is 20.4. The number of benzene rings is 2. The van der Waals surface area contributed by atoms with E-state index < -0.39 is 5.91 Å². The Labute approximate surface area is 326 Å². The van der Waals surface area contributed by atoms with Crippen molar-refractivity contribution in [2.75, 3.05) is 50.1 Å². The Bertz CT molecular complexity index is 2120. The molecule has 6 heterocycles. The van der Waals surface area contributed by atoms with Gasteiger partial charge < -0.3 is 35.0 Å². The molecule has 2 aromatic carbocycles. The molecule has 4 atom stereocenters. The Kier molecular flexibility index (Phi) is 9.76. The first kappa shape index (κ1) is 36.4. The molecule has 56 heavy (non-hydrogen) atoms. The van der Waals surface area contributed by atoms with Crippen molar-refractivity contribution in [2.24, 2.45) is 5.73 Å². The number of urea groups is 1. The minimum atomic E-state index is -0.641. The fraction of sp³-hybridized carbons (Fsp3) is 0.524. The van der Waals surface area contributed by atoms with E-state index in [2.05, 4.69) is 61.7 Å². The second-order valence-electron chi connectivity index (χ2n) is 16.3. The third kappa shape index (κ3) is 6.81. The van der Waals surface area contributed by atoms with E-state index in [0.29, 0.717) is 54.5 Å². The summed E-state index contributed by atoms with van der Waals surface area (Å²) in [6.07, 6.45) is 11.5. The van der Waals surface area contributed by atoms with Gasteiger partial charge in [0.25, 0.3) is 5.91 Å². The molecule has 3 N–H and O–H groups in total. The average molecular weight is 762 g/mol. The van der Waals surface area contributed by atoms with Crippen LogP contribution in [-0.4, -0.2) is 112 Å². The fourth-order valence-electron chi connectivity index (χ4n) is 10.3. The molecule has 4 aromatic rings. The van der Waals surface area contributed by atoms with Gasteiger partial charge in [-0.1, -0.05) is 29.8 Å². The fourth-order valence-corrected chi connectivity index (χ4v) is 10.3. The van der Waals surface area contributed by atoms with Gasteiger partial charge in [0.2, 0.25) is 0 Å². The maximum atomic E-state index is 12.7. The van der Waals surface area contributed by atoms with Crippen molar-refractivity contribution in [3.8, 4) is 0 Å². The van der Waals surface area contributed by atoms with Crippen molar-refractivity contribution >= 4 is 46.2 Å². The number of fused-ring (bicyclic) bond motifs is 5. The Hall–Kier alpha value is -5.24. The number of piperidine rings is 3. The van der Waals surface area contributed by atoms with Crippen LogP contribution in [0, 0.1) is 0 Å². The summed E-state index contributed by atoms with van der Waals surface area (Å²) < 4.78 is 11.0. The number of ether oxygens (including phenoxy) is 1. The van der Waals surface area contributed by atoms with Crippen LogP contribution < -0.4 is 16.0 Å². The molecule has 294 valence electrons. The molecule has 5 aliphatic rings. The van der Waals surface area contributed by atoms with Crippen LogP contribution in [0.3, 0.4) is 0 Å². The molecular formula is C42H51N9O5. The van der Waals surface area contributed by atoms with Crippen molar-refractivity contribution in [3.63, 3.8) is 0 Å². The number of hydrogen-bond donors (Lipinski definition) is 2. The van der Waals surface area contributed by atoms with Gasteiger partial charge in [-0.15, -0.1) is 0 Å². The molecule has 4 fully saturated rings. The second kappa shape index (κ2) is 15.0. The molecule has 0 saturated carbocycles. The lowest BCUT2D eigenvalue weighted by molar-refractivity contribution is -0.142. The van der Waals surface area contributed by atoms with Crippen LogP contribution in [-0.2, 0) is 28.8 Å². The molecule has 4 saturated heterocycles. The smallest absolute Gasteiger partial charge is 0.320 e. The highest BCUT2D eigenvalue weighted by molar-refractivity contribution is 5.96. The normalized spacial score (nSPS) is 25.1. The molecule has 14 heteroatoms. The summed E-state index contributed by atoms with van der Waals surface area (Å²) >= 11 is 0. The van der Waals surface area contributed by atoms with Crippen LogP contribution in [0.1, 0.15) is 90.7 Å². The molecule has 3 unspecified atom stereocenters. The molecule has 2 aromatic heterocycles. The molecular weight excluding hydrogens is 711 g/mol. The zero-order valence-corrected chi connectivity index (χ0v) is 32.3. The first-order chi connectivity index (χ1) is 27.2. The number of nitrogens with two attached hydrogens (primary N) is 1. The number of amides is 3. The van der Waals surface area contributed by atoms with E-state index in [1.54, 1.807) is 11.1 Å². The van der Waals surface area contributed by atoms with E-state index in [9.17, 15) is 14.4 Å². The molecule has 9 rings (SSSR count). The predicted octanol–water partition coefficient (Wildman–Crippen LogP) is 5.17. The Morgan fingerprint density at radius 2 is 1.75 bits per heavy atom. The predicted molar refractivity (Wildman–Crippen MR) is 211 cm³/mol. The van der Waals surface area contributed by atoms with Crippen molar-refractivity contribution in [1.29, 1.82) is 0 Å². The maximum Gasteiger partial charge on any atom is 0.320 e. The molecule has 3 amide bonds. The SMILES string of the molecule is CCOC(=O)Cc1noc2c3c(ccc12)CC(N1C2CCCC1CC(c1ccc(Nc4nc(N5CCC[C@@H](N6CCN(C)C6=O)C5)cnc4C(N)=O)cc1)C2)C3. The topological polar surface area (TPSA) is 163 Å². The summed E-state index contributed by atoms with van der Waals surface area (Å²) in [5.74, 6) is 0.530. The van der Waals surface area contributed by atoms with Gasteiger partial charge in [0.05, 0.1) is 25.3 Å². The van der Waals surface area contributed by atoms with Crippen molar-refractivity contribution < 1.29 is 23.6 Å². The minimum Gasteiger partial charge on any atom is -0.466 e. The summed E-state index contributed by atoms with van der Waals surface area (Å²) in [5, 5.41) is 8.55. The van der Waals surface area contributed by atoms with Crippen LogP contribution in [0.25, 0.3) is 11.0 Å². The van der Waals surface area contributed by atoms with E-state index in [1.807, 2.05) is 18.9 Å². The van der Waals surface area contributed by atoms with Gasteiger partial charge in [-0.2, -0.15) is 0 Å². The highest BCUT2D eigenvalue weighted by Crippen LogP contribution is 2.45. The number of primary amides is 1. The number of esters is 1. The van der Waals surface area contributed by atoms with Gasteiger partial charge in [-0.25, -0.2) is 14.8 Å². The minimum absolute atomic E-state index is 0.0739. The Morgan fingerprint density at radius 1 is 0.964 bits per heavy atom. The van der Waals surface area contributed by atoms with E-state index in [0.717, 1.165) is 74.8 Å². The average Bonchev–Trinajstić information content (AvgIpc) is 3.91. The third-order valence-corrected chi connectivity index (χ3v) is 12.9. The van der Waals surface area contributed by atoms with Crippen LogP contribution >= 0.6 is 0 Å². The number of anilines is 3. The van der Waals surface area contributed by atoms with Gasteiger partial charge in [-0.05, 0) is 93.5 Å². The van der Waals surface area contributed by atoms with Gasteiger partial charge in [0, 0.05) is 68.0 Å². The van der Waals surface area contributed by atoms with Crippen molar-refractivity contribution in [2.45, 2.75) is 101 Å². The lowest BCUT2D eigenvalue weighted by Gasteiger charge is -2.52. The number of likely N-dealkylation sites (N-methyl/N-ethyl adjacent to an activating group) is 1. The zero-order chi connectivity index (χ0) is 38.5. The van der Waals surface area contributed by atoms with Gasteiger partial charge >= 0.3 is 12.0 Å². The van der Waals surface area contributed by atoms with E-state index in [-0.39, 0.29) is 30.2 Å². The Morgan fingerprint density at radius 3 is 2.48 bits per heavy atom. The van der Waals surface area contributed by atoms with Crippen LogP contribution in [0.2, 0.25) is 0 Å². The summed E-state index contributed by atoms with van der Waals surface area (Å²) in [6.45, 7) is 5.09. The summed E-state index contributed by atoms with van der Waals surface area (Å²) in [5.41, 5.74) is 12.0. The zero-order valence-electron chi connectivity index (χ0n) is 32.3. The molecule has 0 spiro atoms. The molecule has 1 aliphatic carbocycles. The highest BCUT2D eigenvalue weighted by atomic mass is 16.5. The van der Waals surface area contributed by atoms with Gasteiger partial charge in [0.15, 0.2) is 17.1 Å². The molecule has 4 aliphatic heterocycles. The number of nitrogens with one attached hydrogen (secondary N) is 1.